The van der Waals surface area contributed by atoms with Gasteiger partial charge in [0.25, 0.3) is 0 Å². The monoisotopic (exact) mass is 305 g/mol. The highest BCUT2D eigenvalue weighted by molar-refractivity contribution is 9.10. The number of rotatable bonds is 1. The van der Waals surface area contributed by atoms with Crippen molar-refractivity contribution in [1.29, 1.82) is 0 Å². The van der Waals surface area contributed by atoms with Crippen LogP contribution >= 0.6 is 15.9 Å². The van der Waals surface area contributed by atoms with Gasteiger partial charge in [-0.25, -0.2) is 9.37 Å². The third kappa shape index (κ3) is 1.67. The summed E-state index contributed by atoms with van der Waals surface area (Å²) in [5.74, 6) is -0.0586. The minimum atomic E-state index is -0.330. The van der Waals surface area contributed by atoms with E-state index in [9.17, 15) is 4.39 Å². The molecule has 0 saturated heterocycles. The number of para-hydroxylation sites is 1. The second kappa shape index (κ2) is 4.10. The summed E-state index contributed by atoms with van der Waals surface area (Å²) >= 11 is 3.39. The van der Waals surface area contributed by atoms with Gasteiger partial charge in [0, 0.05) is 4.47 Å². The summed E-state index contributed by atoms with van der Waals surface area (Å²) in [6, 6.07) is 12.1. The fourth-order valence-electron chi connectivity index (χ4n) is 1.95. The van der Waals surface area contributed by atoms with Crippen LogP contribution in [0.25, 0.3) is 16.7 Å². The van der Waals surface area contributed by atoms with Gasteiger partial charge in [0.1, 0.15) is 5.82 Å². The van der Waals surface area contributed by atoms with Gasteiger partial charge >= 0.3 is 0 Å². The van der Waals surface area contributed by atoms with Crippen molar-refractivity contribution in [3.63, 3.8) is 0 Å². The van der Waals surface area contributed by atoms with E-state index in [1.54, 1.807) is 22.8 Å². The molecule has 0 unspecified atom stereocenters. The number of nitrogen functional groups attached to an aromatic ring is 1. The van der Waals surface area contributed by atoms with Gasteiger partial charge in [-0.1, -0.05) is 28.1 Å². The number of imidazole rings is 1. The molecule has 1 heterocycles. The molecule has 18 heavy (non-hydrogen) atoms. The van der Waals surface area contributed by atoms with Gasteiger partial charge in [-0.3, -0.25) is 4.57 Å². The number of nitrogens with two attached hydrogens (primary N) is 1. The van der Waals surface area contributed by atoms with Gasteiger partial charge in [-0.2, -0.15) is 0 Å². The maximum Gasteiger partial charge on any atom is 0.206 e. The molecule has 0 saturated carbocycles. The van der Waals surface area contributed by atoms with E-state index in [-0.39, 0.29) is 11.8 Å². The Morgan fingerprint density at radius 3 is 2.72 bits per heavy atom. The molecule has 2 aromatic carbocycles. The first-order valence-electron chi connectivity index (χ1n) is 5.35. The SMILES string of the molecule is Nc1nc2ccc(Br)cc2n1-c1ccccc1F. The normalized spacial score (nSPS) is 11.0. The molecule has 0 fully saturated rings. The smallest absolute Gasteiger partial charge is 0.206 e. The second-order valence-corrected chi connectivity index (χ2v) is 4.81. The summed E-state index contributed by atoms with van der Waals surface area (Å²) in [5.41, 5.74) is 7.78. The Kier molecular flexibility index (Phi) is 2.56. The lowest BCUT2D eigenvalue weighted by Crippen LogP contribution is -2.02. The predicted molar refractivity (Wildman–Crippen MR) is 73.1 cm³/mol. The van der Waals surface area contributed by atoms with Crippen molar-refractivity contribution in [3.05, 3.63) is 52.8 Å². The quantitative estimate of drug-likeness (QED) is 0.747. The Balaban J connectivity index is 2.38. The average Bonchev–Trinajstić information content (AvgIpc) is 2.66. The molecule has 0 aliphatic carbocycles. The van der Waals surface area contributed by atoms with E-state index in [0.717, 1.165) is 15.5 Å². The number of hydrogen-bond donors (Lipinski definition) is 1. The highest BCUT2D eigenvalue weighted by Crippen LogP contribution is 2.26. The van der Waals surface area contributed by atoms with Crippen molar-refractivity contribution in [2.45, 2.75) is 0 Å². The van der Waals surface area contributed by atoms with Crippen molar-refractivity contribution >= 4 is 32.9 Å². The molecule has 0 radical (unpaired) electrons. The van der Waals surface area contributed by atoms with Crippen LogP contribution in [0, 0.1) is 5.82 Å². The molecule has 5 heteroatoms. The van der Waals surface area contributed by atoms with Gasteiger partial charge in [-0.15, -0.1) is 0 Å². The highest BCUT2D eigenvalue weighted by atomic mass is 79.9. The molecule has 0 aliphatic rings. The highest BCUT2D eigenvalue weighted by Gasteiger charge is 2.12. The zero-order valence-corrected chi connectivity index (χ0v) is 10.9. The van der Waals surface area contributed by atoms with Crippen LogP contribution in [-0.2, 0) is 0 Å². The van der Waals surface area contributed by atoms with Gasteiger partial charge in [-0.05, 0) is 30.3 Å². The molecular weight excluding hydrogens is 297 g/mol. The van der Waals surface area contributed by atoms with Crippen LogP contribution in [0.15, 0.2) is 46.9 Å². The second-order valence-electron chi connectivity index (χ2n) is 3.89. The molecule has 3 nitrogen and oxygen atoms in total. The number of hydrogen-bond acceptors (Lipinski definition) is 2. The number of fused-ring (bicyclic) bond motifs is 1. The van der Waals surface area contributed by atoms with Gasteiger partial charge in [0.2, 0.25) is 5.95 Å². The summed E-state index contributed by atoms with van der Waals surface area (Å²) < 4.78 is 16.3. The topological polar surface area (TPSA) is 43.8 Å². The molecule has 0 bridgehead atoms. The Labute approximate surface area is 111 Å². The van der Waals surface area contributed by atoms with Crippen LogP contribution in [0.1, 0.15) is 0 Å². The molecule has 1 aromatic heterocycles. The lowest BCUT2D eigenvalue weighted by molar-refractivity contribution is 0.620. The van der Waals surface area contributed by atoms with Crippen LogP contribution < -0.4 is 5.73 Å². The summed E-state index contributed by atoms with van der Waals surface area (Å²) in [6.07, 6.45) is 0. The number of halogens is 2. The lowest BCUT2D eigenvalue weighted by atomic mass is 10.2. The molecule has 3 rings (SSSR count). The van der Waals surface area contributed by atoms with E-state index in [2.05, 4.69) is 20.9 Å². The largest absolute Gasteiger partial charge is 0.369 e. The van der Waals surface area contributed by atoms with Crippen LogP contribution in [0.3, 0.4) is 0 Å². The Hall–Kier alpha value is -1.88. The first kappa shape index (κ1) is 11.2. The zero-order valence-electron chi connectivity index (χ0n) is 9.27. The van der Waals surface area contributed by atoms with E-state index in [1.807, 2.05) is 18.2 Å². The van der Waals surface area contributed by atoms with E-state index in [0.29, 0.717) is 5.69 Å². The molecule has 0 atom stereocenters. The number of nitrogens with zero attached hydrogens (tertiary/aromatic N) is 2. The Morgan fingerprint density at radius 2 is 1.94 bits per heavy atom. The van der Waals surface area contributed by atoms with Crippen molar-refractivity contribution in [2.75, 3.05) is 5.73 Å². The summed E-state index contributed by atoms with van der Waals surface area (Å²) in [4.78, 5) is 4.22. The number of anilines is 1. The van der Waals surface area contributed by atoms with Gasteiger partial charge in [0.15, 0.2) is 0 Å². The maximum atomic E-state index is 13.8. The molecule has 0 spiro atoms. The molecule has 90 valence electrons. The molecule has 2 N–H and O–H groups in total. The number of benzene rings is 2. The zero-order chi connectivity index (χ0) is 12.7. The van der Waals surface area contributed by atoms with Gasteiger partial charge in [0.05, 0.1) is 16.7 Å². The van der Waals surface area contributed by atoms with Gasteiger partial charge < -0.3 is 5.73 Å². The average molecular weight is 306 g/mol. The maximum absolute atomic E-state index is 13.8. The fourth-order valence-corrected chi connectivity index (χ4v) is 2.30. The lowest BCUT2D eigenvalue weighted by Gasteiger charge is -2.07. The first-order chi connectivity index (χ1) is 8.66. The van der Waals surface area contributed by atoms with Crippen LogP contribution in [-0.4, -0.2) is 9.55 Å². The molecule has 3 aromatic rings. The Bertz CT molecular complexity index is 736. The fraction of sp³-hybridized carbons (Fsp3) is 0. The summed E-state index contributed by atoms with van der Waals surface area (Å²) in [5, 5.41) is 0. The number of aromatic nitrogens is 2. The minimum Gasteiger partial charge on any atom is -0.369 e. The predicted octanol–water partition coefficient (Wildman–Crippen LogP) is 3.51. The third-order valence-corrected chi connectivity index (χ3v) is 3.23. The van der Waals surface area contributed by atoms with E-state index >= 15 is 0 Å². The van der Waals surface area contributed by atoms with Crippen molar-refractivity contribution in [3.8, 4) is 5.69 Å². The summed E-state index contributed by atoms with van der Waals surface area (Å²) in [6.45, 7) is 0. The standard InChI is InChI=1S/C13H9BrFN3/c14-8-5-6-10-12(7-8)18(13(16)17-10)11-4-2-1-3-9(11)15/h1-7H,(H2,16,17). The third-order valence-electron chi connectivity index (χ3n) is 2.74. The van der Waals surface area contributed by atoms with E-state index < -0.39 is 0 Å². The van der Waals surface area contributed by atoms with Crippen LogP contribution in [0.5, 0.6) is 0 Å². The van der Waals surface area contributed by atoms with Crippen LogP contribution in [0.2, 0.25) is 0 Å². The Morgan fingerprint density at radius 1 is 1.17 bits per heavy atom. The van der Waals surface area contributed by atoms with E-state index in [1.165, 1.54) is 6.07 Å². The summed E-state index contributed by atoms with van der Waals surface area (Å²) in [7, 11) is 0. The molecular formula is C13H9BrFN3. The van der Waals surface area contributed by atoms with Crippen LogP contribution in [0.4, 0.5) is 10.3 Å². The van der Waals surface area contributed by atoms with Crippen molar-refractivity contribution in [2.24, 2.45) is 0 Å². The molecule has 0 aliphatic heterocycles. The van der Waals surface area contributed by atoms with Crippen molar-refractivity contribution < 1.29 is 4.39 Å². The van der Waals surface area contributed by atoms with Crippen molar-refractivity contribution in [1.82, 2.24) is 9.55 Å². The van der Waals surface area contributed by atoms with E-state index in [4.69, 9.17) is 5.73 Å². The molecule has 0 amide bonds. The first-order valence-corrected chi connectivity index (χ1v) is 6.14. The minimum absolute atomic E-state index is 0.271.